The van der Waals surface area contributed by atoms with Crippen LogP contribution in [0.3, 0.4) is 0 Å². The number of rotatable bonds is 7. The molecule has 5 nitrogen and oxygen atoms in total. The predicted molar refractivity (Wildman–Crippen MR) is 87.4 cm³/mol. The van der Waals surface area contributed by atoms with Crippen molar-refractivity contribution >= 4 is 23.4 Å². The minimum absolute atomic E-state index is 0.0920. The zero-order chi connectivity index (χ0) is 16.7. The van der Waals surface area contributed by atoms with Crippen LogP contribution in [0.2, 0.25) is 5.02 Å². The largest absolute Gasteiger partial charge is 0.467 e. The van der Waals surface area contributed by atoms with E-state index >= 15 is 0 Å². The monoisotopic (exact) mass is 339 g/mol. The highest BCUT2D eigenvalue weighted by atomic mass is 35.5. The van der Waals surface area contributed by atoms with Crippen LogP contribution < -0.4 is 5.32 Å². The van der Waals surface area contributed by atoms with Crippen molar-refractivity contribution in [1.29, 1.82) is 0 Å². The number of hydrogen-bond donors (Lipinski definition) is 1. The van der Waals surface area contributed by atoms with E-state index in [0.717, 1.165) is 18.4 Å². The molecule has 0 bridgehead atoms. The molecule has 1 aliphatic carbocycles. The maximum absolute atomic E-state index is 12.7. The van der Waals surface area contributed by atoms with Crippen LogP contribution in [-0.2, 0) is 24.6 Å². The van der Waals surface area contributed by atoms with E-state index in [1.807, 2.05) is 18.2 Å². The smallest absolute Gasteiger partial charge is 0.331 e. The van der Waals surface area contributed by atoms with Gasteiger partial charge in [-0.15, -0.1) is 0 Å². The molecule has 0 amide bonds. The van der Waals surface area contributed by atoms with Crippen molar-refractivity contribution in [2.45, 2.75) is 31.2 Å². The summed E-state index contributed by atoms with van der Waals surface area (Å²) >= 11 is 6.33. The van der Waals surface area contributed by atoms with Gasteiger partial charge in [0.2, 0.25) is 0 Å². The molecule has 1 atom stereocenters. The molecule has 126 valence electrons. The van der Waals surface area contributed by atoms with E-state index in [2.05, 4.69) is 10.1 Å². The van der Waals surface area contributed by atoms with Gasteiger partial charge in [-0.1, -0.05) is 36.2 Å². The van der Waals surface area contributed by atoms with Gasteiger partial charge < -0.3 is 9.47 Å². The van der Waals surface area contributed by atoms with E-state index in [1.165, 1.54) is 7.11 Å². The molecule has 1 aromatic rings. The Hall–Kier alpha value is -1.43. The summed E-state index contributed by atoms with van der Waals surface area (Å²) in [6.07, 6.45) is 3.13. The second kappa shape index (κ2) is 8.43. The van der Waals surface area contributed by atoms with Gasteiger partial charge >= 0.3 is 5.97 Å². The maximum Gasteiger partial charge on any atom is 0.331 e. The van der Waals surface area contributed by atoms with E-state index in [-0.39, 0.29) is 12.4 Å². The highest BCUT2D eigenvalue weighted by molar-refractivity contribution is 6.31. The Balaban J connectivity index is 2.05. The average Bonchev–Trinajstić information content (AvgIpc) is 2.56. The molecule has 1 N–H and O–H groups in total. The van der Waals surface area contributed by atoms with Crippen LogP contribution in [0.25, 0.3) is 0 Å². The van der Waals surface area contributed by atoms with E-state index in [0.29, 0.717) is 31.0 Å². The van der Waals surface area contributed by atoms with Crippen LogP contribution >= 0.6 is 11.6 Å². The Morgan fingerprint density at radius 3 is 2.83 bits per heavy atom. The number of hydrogen-bond acceptors (Lipinski definition) is 5. The van der Waals surface area contributed by atoms with Gasteiger partial charge in [-0.05, 0) is 24.5 Å². The molecule has 1 aliphatic rings. The second-order valence-electron chi connectivity index (χ2n) is 5.57. The normalized spacial score (nSPS) is 21.2. The molecule has 6 heteroatoms. The van der Waals surface area contributed by atoms with E-state index in [1.54, 1.807) is 6.07 Å². The van der Waals surface area contributed by atoms with Gasteiger partial charge in [-0.2, -0.15) is 0 Å². The lowest BCUT2D eigenvalue weighted by molar-refractivity contribution is -0.146. The lowest BCUT2D eigenvalue weighted by atomic mass is 9.75. The summed E-state index contributed by atoms with van der Waals surface area (Å²) in [5.41, 5.74) is 0.0601. The number of nitrogens with one attached hydrogen (secondary N) is 1. The quantitative estimate of drug-likeness (QED) is 0.610. The number of carbonyl (C=O) groups is 2. The van der Waals surface area contributed by atoms with Crippen molar-refractivity contribution < 1.29 is 19.1 Å². The predicted octanol–water partition coefficient (Wildman–Crippen LogP) is 2.46. The molecule has 0 saturated heterocycles. The Labute approximate surface area is 141 Å². The van der Waals surface area contributed by atoms with E-state index < -0.39 is 11.5 Å². The number of esters is 1. The van der Waals surface area contributed by atoms with Gasteiger partial charge in [0, 0.05) is 18.0 Å². The number of ether oxygens (including phenoxy) is 2. The van der Waals surface area contributed by atoms with Gasteiger partial charge in [-0.25, -0.2) is 4.79 Å². The zero-order valence-electron chi connectivity index (χ0n) is 13.3. The summed E-state index contributed by atoms with van der Waals surface area (Å²) in [4.78, 5) is 23.7. The Bertz CT molecular complexity index is 563. The Morgan fingerprint density at radius 2 is 2.13 bits per heavy atom. The van der Waals surface area contributed by atoms with Crippen molar-refractivity contribution in [3.8, 4) is 0 Å². The van der Waals surface area contributed by atoms with Crippen molar-refractivity contribution in [3.05, 3.63) is 34.9 Å². The fourth-order valence-electron chi connectivity index (χ4n) is 2.95. The number of ketones is 1. The summed E-state index contributed by atoms with van der Waals surface area (Å²) < 4.78 is 9.76. The molecule has 0 radical (unpaired) electrons. The maximum atomic E-state index is 12.7. The molecule has 0 aromatic heterocycles. The SMILES string of the molecule is COC(=O)COCCNC1(c2ccccc2Cl)CCCCC1=O. The summed E-state index contributed by atoms with van der Waals surface area (Å²) in [5, 5.41) is 3.91. The van der Waals surface area contributed by atoms with Crippen molar-refractivity contribution in [2.24, 2.45) is 0 Å². The fourth-order valence-corrected chi connectivity index (χ4v) is 3.25. The lowest BCUT2D eigenvalue weighted by Crippen LogP contribution is -2.52. The third-order valence-electron chi connectivity index (χ3n) is 4.14. The number of benzene rings is 1. The Morgan fingerprint density at radius 1 is 1.35 bits per heavy atom. The first-order chi connectivity index (χ1) is 11.1. The van der Waals surface area contributed by atoms with E-state index in [4.69, 9.17) is 16.3 Å². The summed E-state index contributed by atoms with van der Waals surface area (Å²) in [5.74, 6) is -0.260. The molecule has 1 fully saturated rings. The van der Waals surface area contributed by atoms with Crippen molar-refractivity contribution in [3.63, 3.8) is 0 Å². The first kappa shape index (κ1) is 17.9. The summed E-state index contributed by atoms with van der Waals surface area (Å²) in [7, 11) is 1.32. The van der Waals surface area contributed by atoms with Gasteiger partial charge in [0.15, 0.2) is 5.78 Å². The van der Waals surface area contributed by atoms with E-state index in [9.17, 15) is 9.59 Å². The summed E-state index contributed by atoms with van der Waals surface area (Å²) in [6.45, 7) is 0.674. The molecule has 23 heavy (non-hydrogen) atoms. The second-order valence-corrected chi connectivity index (χ2v) is 5.98. The van der Waals surface area contributed by atoms with Gasteiger partial charge in [0.05, 0.1) is 13.7 Å². The topological polar surface area (TPSA) is 64.6 Å². The third-order valence-corrected chi connectivity index (χ3v) is 4.47. The Kier molecular flexibility index (Phi) is 6.57. The van der Waals surface area contributed by atoms with Crippen LogP contribution in [0, 0.1) is 0 Å². The van der Waals surface area contributed by atoms with Crippen LogP contribution in [0.4, 0.5) is 0 Å². The first-order valence-electron chi connectivity index (χ1n) is 7.78. The van der Waals surface area contributed by atoms with Gasteiger partial charge in [0.25, 0.3) is 0 Å². The first-order valence-corrected chi connectivity index (χ1v) is 8.16. The zero-order valence-corrected chi connectivity index (χ0v) is 14.0. The van der Waals surface area contributed by atoms with Crippen LogP contribution in [0.1, 0.15) is 31.2 Å². The molecule has 0 aliphatic heterocycles. The summed E-state index contributed by atoms with van der Waals surface area (Å²) in [6, 6.07) is 7.44. The molecule has 0 spiro atoms. The standard InChI is InChI=1S/C17H22ClNO4/c1-22-16(21)12-23-11-10-19-17(9-5-4-8-15(17)20)13-6-2-3-7-14(13)18/h2-3,6-7,19H,4-5,8-12H2,1H3. The number of halogens is 1. The van der Waals surface area contributed by atoms with Gasteiger partial charge in [0.1, 0.15) is 12.1 Å². The molecule has 1 unspecified atom stereocenters. The number of Topliss-reactive ketones (excluding diaryl/α,β-unsaturated/α-hetero) is 1. The number of methoxy groups -OCH3 is 1. The molecule has 1 saturated carbocycles. The minimum atomic E-state index is -0.759. The van der Waals surface area contributed by atoms with Crippen molar-refractivity contribution in [1.82, 2.24) is 5.32 Å². The lowest BCUT2D eigenvalue weighted by Gasteiger charge is -2.37. The minimum Gasteiger partial charge on any atom is -0.467 e. The average molecular weight is 340 g/mol. The fraction of sp³-hybridized carbons (Fsp3) is 0.529. The van der Waals surface area contributed by atoms with Crippen LogP contribution in [0.5, 0.6) is 0 Å². The molecule has 0 heterocycles. The molecule has 2 rings (SSSR count). The highest BCUT2D eigenvalue weighted by Crippen LogP contribution is 2.37. The van der Waals surface area contributed by atoms with Crippen molar-refractivity contribution in [2.75, 3.05) is 26.9 Å². The molecular formula is C17H22ClNO4. The third kappa shape index (κ3) is 4.31. The van der Waals surface area contributed by atoms with Crippen LogP contribution in [-0.4, -0.2) is 38.6 Å². The number of carbonyl (C=O) groups excluding carboxylic acids is 2. The molecule has 1 aromatic carbocycles. The molecular weight excluding hydrogens is 318 g/mol. The van der Waals surface area contributed by atoms with Gasteiger partial charge in [-0.3, -0.25) is 10.1 Å². The van der Waals surface area contributed by atoms with Crippen LogP contribution in [0.15, 0.2) is 24.3 Å². The highest BCUT2D eigenvalue weighted by Gasteiger charge is 2.42.